The van der Waals surface area contributed by atoms with Crippen LogP contribution in [0, 0.1) is 5.92 Å². The van der Waals surface area contributed by atoms with Crippen LogP contribution in [-0.4, -0.2) is 51.9 Å². The average molecular weight is 387 g/mol. The number of amides is 3. The number of benzene rings is 1. The molecule has 1 aromatic heterocycles. The molecule has 1 N–H and O–H groups in total. The van der Waals surface area contributed by atoms with Crippen molar-refractivity contribution in [3.63, 3.8) is 0 Å². The number of nitrogens with zero attached hydrogens (tertiary/aromatic N) is 3. The monoisotopic (exact) mass is 386 g/mol. The Morgan fingerprint density at radius 1 is 1.33 bits per heavy atom. The molecule has 1 aromatic carbocycles. The van der Waals surface area contributed by atoms with Gasteiger partial charge < -0.3 is 9.47 Å². The van der Waals surface area contributed by atoms with Crippen molar-refractivity contribution in [1.82, 2.24) is 19.1 Å². The summed E-state index contributed by atoms with van der Waals surface area (Å²) in [6.07, 6.45) is 4.36. The van der Waals surface area contributed by atoms with Gasteiger partial charge in [0.15, 0.2) is 0 Å². The molecule has 1 aliphatic heterocycles. The van der Waals surface area contributed by atoms with Crippen LogP contribution in [0.1, 0.15) is 30.4 Å². The highest BCUT2D eigenvalue weighted by atomic mass is 32.1. The molecule has 144 valence electrons. The molecule has 1 aliphatic carbocycles. The maximum absolute atomic E-state index is 12.0. The summed E-state index contributed by atoms with van der Waals surface area (Å²) < 4.78 is 3.56. The first kappa shape index (κ1) is 18.4. The van der Waals surface area contributed by atoms with E-state index in [1.165, 1.54) is 33.3 Å². The second kappa shape index (κ2) is 6.87. The number of likely N-dealkylation sites (N-methyl/N-ethyl adjacent to an activating group) is 1. The van der Waals surface area contributed by atoms with E-state index in [2.05, 4.69) is 66.1 Å². The average Bonchev–Trinajstić information content (AvgIpc) is 2.93. The van der Waals surface area contributed by atoms with Crippen LogP contribution >= 0.6 is 12.8 Å². The van der Waals surface area contributed by atoms with E-state index in [0.29, 0.717) is 24.4 Å². The van der Waals surface area contributed by atoms with Crippen LogP contribution in [0.3, 0.4) is 0 Å². The first-order chi connectivity index (χ1) is 12.8. The lowest BCUT2D eigenvalue weighted by Gasteiger charge is -2.46. The SMILES string of the molecule is CC(=O)NC(=O)N(S)CC1C[C@@H]2c3cccc4c3c(cn4C)C[C@H]2N(C)C1. The van der Waals surface area contributed by atoms with Gasteiger partial charge in [-0.3, -0.25) is 14.4 Å². The topological polar surface area (TPSA) is 57.6 Å². The summed E-state index contributed by atoms with van der Waals surface area (Å²) in [4.78, 5) is 25.6. The van der Waals surface area contributed by atoms with E-state index in [1.54, 1.807) is 0 Å². The fraction of sp³-hybridized carbons (Fsp3) is 0.500. The summed E-state index contributed by atoms with van der Waals surface area (Å²) in [5, 5.41) is 3.70. The van der Waals surface area contributed by atoms with Crippen molar-refractivity contribution in [2.45, 2.75) is 31.7 Å². The summed E-state index contributed by atoms with van der Waals surface area (Å²) in [5.41, 5.74) is 4.16. The number of rotatable bonds is 2. The van der Waals surface area contributed by atoms with Crippen molar-refractivity contribution in [3.05, 3.63) is 35.5 Å². The van der Waals surface area contributed by atoms with Crippen LogP contribution in [0.15, 0.2) is 24.4 Å². The van der Waals surface area contributed by atoms with Crippen molar-refractivity contribution in [1.29, 1.82) is 0 Å². The van der Waals surface area contributed by atoms with E-state index >= 15 is 0 Å². The van der Waals surface area contributed by atoms with Crippen molar-refractivity contribution in [2.75, 3.05) is 20.1 Å². The lowest BCUT2D eigenvalue weighted by atomic mass is 9.72. The summed E-state index contributed by atoms with van der Waals surface area (Å²) in [6.45, 7) is 2.77. The molecule has 1 fully saturated rings. The number of hydrogen-bond acceptors (Lipinski definition) is 4. The predicted molar refractivity (Wildman–Crippen MR) is 109 cm³/mol. The number of fused-ring (bicyclic) bond motifs is 2. The fourth-order valence-corrected chi connectivity index (χ4v) is 5.29. The minimum absolute atomic E-state index is 0.312. The molecular formula is C20H26N4O2S. The number of likely N-dealkylation sites (tertiary alicyclic amines) is 1. The highest BCUT2D eigenvalue weighted by Gasteiger charge is 2.40. The molecule has 2 aliphatic rings. The molecule has 0 saturated carbocycles. The molecule has 7 heteroatoms. The van der Waals surface area contributed by atoms with Gasteiger partial charge in [-0.25, -0.2) is 4.79 Å². The third-order valence-electron chi connectivity index (χ3n) is 6.07. The number of urea groups is 1. The Bertz CT molecular complexity index is 909. The summed E-state index contributed by atoms with van der Waals surface area (Å²) >= 11 is 4.30. The zero-order valence-corrected chi connectivity index (χ0v) is 16.9. The Morgan fingerprint density at radius 3 is 2.85 bits per heavy atom. The first-order valence-electron chi connectivity index (χ1n) is 9.40. The molecule has 27 heavy (non-hydrogen) atoms. The van der Waals surface area contributed by atoms with Crippen LogP contribution in [0.4, 0.5) is 4.79 Å². The molecule has 0 radical (unpaired) electrons. The van der Waals surface area contributed by atoms with Crippen LogP contribution < -0.4 is 5.32 Å². The zero-order chi connectivity index (χ0) is 19.3. The largest absolute Gasteiger partial charge is 0.350 e. The third kappa shape index (κ3) is 3.23. The van der Waals surface area contributed by atoms with Crippen LogP contribution in [0.5, 0.6) is 0 Å². The summed E-state index contributed by atoms with van der Waals surface area (Å²) in [6, 6.07) is 6.64. The van der Waals surface area contributed by atoms with E-state index in [1.807, 2.05) is 0 Å². The van der Waals surface area contributed by atoms with Crippen molar-refractivity contribution in [2.24, 2.45) is 13.0 Å². The Kier molecular flexibility index (Phi) is 4.68. The van der Waals surface area contributed by atoms with Crippen LogP contribution in [-0.2, 0) is 18.3 Å². The number of hydrogen-bond donors (Lipinski definition) is 2. The van der Waals surface area contributed by atoms with Gasteiger partial charge in [0.25, 0.3) is 0 Å². The maximum atomic E-state index is 12.0. The number of thiol groups is 1. The van der Waals surface area contributed by atoms with Gasteiger partial charge in [0.2, 0.25) is 5.91 Å². The lowest BCUT2D eigenvalue weighted by molar-refractivity contribution is -0.118. The minimum Gasteiger partial charge on any atom is -0.350 e. The van der Waals surface area contributed by atoms with Gasteiger partial charge in [-0.2, -0.15) is 0 Å². The molecule has 4 rings (SSSR count). The van der Waals surface area contributed by atoms with E-state index < -0.39 is 6.03 Å². The van der Waals surface area contributed by atoms with Gasteiger partial charge in [0.1, 0.15) is 0 Å². The molecule has 3 amide bonds. The Balaban J connectivity index is 1.58. The maximum Gasteiger partial charge on any atom is 0.333 e. The number of piperidine rings is 1. The van der Waals surface area contributed by atoms with E-state index in [9.17, 15) is 9.59 Å². The normalized spacial score (nSPS) is 24.5. The first-order valence-corrected chi connectivity index (χ1v) is 9.80. The van der Waals surface area contributed by atoms with Gasteiger partial charge in [-0.15, -0.1) is 0 Å². The van der Waals surface area contributed by atoms with E-state index in [-0.39, 0.29) is 5.91 Å². The minimum atomic E-state index is -0.452. The standard InChI is InChI=1S/C20H26N4O2S/c1-12(25)21-20(26)24(27)10-13-7-16-15-5-4-6-17-19(15)14(11-23(17)3)8-18(16)22(2)9-13/h4-6,11,13,16,18,27H,7-10H2,1-3H3,(H,21,25,26)/t13?,16-,18-/m1/s1. The molecule has 1 unspecified atom stereocenters. The highest BCUT2D eigenvalue weighted by molar-refractivity contribution is 7.78. The molecule has 2 heterocycles. The number of carbonyl (C=O) groups excluding carboxylic acids is 2. The van der Waals surface area contributed by atoms with Crippen molar-refractivity contribution in [3.8, 4) is 0 Å². The quantitative estimate of drug-likeness (QED) is 0.780. The second-order valence-electron chi connectivity index (χ2n) is 7.99. The fourth-order valence-electron chi connectivity index (χ4n) is 5.01. The molecule has 0 spiro atoms. The number of nitrogens with one attached hydrogen (secondary N) is 1. The number of aryl methyl sites for hydroxylation is 1. The van der Waals surface area contributed by atoms with Gasteiger partial charge >= 0.3 is 6.03 Å². The number of imide groups is 1. The van der Waals surface area contributed by atoms with E-state index in [0.717, 1.165) is 19.4 Å². The third-order valence-corrected chi connectivity index (χ3v) is 6.41. The number of carbonyl (C=O) groups is 2. The molecule has 1 saturated heterocycles. The molecular weight excluding hydrogens is 360 g/mol. The van der Waals surface area contributed by atoms with Crippen molar-refractivity contribution < 1.29 is 9.59 Å². The highest BCUT2D eigenvalue weighted by Crippen LogP contribution is 2.44. The molecule has 3 atom stereocenters. The molecule has 0 bridgehead atoms. The number of aromatic nitrogens is 1. The summed E-state index contributed by atoms with van der Waals surface area (Å²) in [7, 11) is 4.29. The van der Waals surface area contributed by atoms with Gasteiger partial charge in [0, 0.05) is 56.1 Å². The summed E-state index contributed by atoms with van der Waals surface area (Å²) in [5.74, 6) is 0.396. The zero-order valence-electron chi connectivity index (χ0n) is 16.0. The molecule has 2 aromatic rings. The predicted octanol–water partition coefficient (Wildman–Crippen LogP) is 2.54. The van der Waals surface area contributed by atoms with Crippen molar-refractivity contribution >= 4 is 35.7 Å². The smallest absolute Gasteiger partial charge is 0.333 e. The van der Waals surface area contributed by atoms with Gasteiger partial charge in [-0.1, -0.05) is 24.9 Å². The van der Waals surface area contributed by atoms with Gasteiger partial charge in [0.05, 0.1) is 0 Å². The second-order valence-corrected chi connectivity index (χ2v) is 8.48. The lowest BCUT2D eigenvalue weighted by Crippen LogP contribution is -2.50. The van der Waals surface area contributed by atoms with Crippen LogP contribution in [0.25, 0.3) is 10.9 Å². The Labute approximate surface area is 165 Å². The van der Waals surface area contributed by atoms with Gasteiger partial charge in [-0.05, 0) is 43.0 Å². The Hall–Kier alpha value is -1.99. The van der Waals surface area contributed by atoms with E-state index in [4.69, 9.17) is 0 Å². The molecule has 6 nitrogen and oxygen atoms in total. The van der Waals surface area contributed by atoms with Crippen LogP contribution in [0.2, 0.25) is 0 Å². The Morgan fingerprint density at radius 2 is 2.11 bits per heavy atom.